The van der Waals surface area contributed by atoms with Gasteiger partial charge < -0.3 is 14.7 Å². The van der Waals surface area contributed by atoms with Crippen LogP contribution in [0.15, 0.2) is 12.7 Å². The molecule has 0 N–H and O–H groups in total. The first kappa shape index (κ1) is 18.3. The number of carbonyl (C=O) groups is 2. The molecule has 0 saturated carbocycles. The first-order valence-corrected chi connectivity index (χ1v) is 10.4. The van der Waals surface area contributed by atoms with E-state index in [-0.39, 0.29) is 18.1 Å². The summed E-state index contributed by atoms with van der Waals surface area (Å²) < 4.78 is 0. The van der Waals surface area contributed by atoms with E-state index in [2.05, 4.69) is 6.58 Å². The van der Waals surface area contributed by atoms with E-state index in [4.69, 9.17) is 4.84 Å². The van der Waals surface area contributed by atoms with E-state index in [0.717, 1.165) is 26.1 Å². The lowest BCUT2D eigenvalue weighted by Crippen LogP contribution is -2.45. The number of thiophene rings is 1. The van der Waals surface area contributed by atoms with Gasteiger partial charge in [-0.1, -0.05) is 6.08 Å². The molecule has 0 spiro atoms. The van der Waals surface area contributed by atoms with Gasteiger partial charge in [-0.3, -0.25) is 4.84 Å². The zero-order valence-electron chi connectivity index (χ0n) is 15.9. The molecule has 1 aromatic heterocycles. The molecule has 0 radical (unpaired) electrons. The maximum absolute atomic E-state index is 12.8. The number of fused-ring (bicyclic) bond motifs is 6. The number of carbonyl (C=O) groups excluding carboxylic acids is 2. The van der Waals surface area contributed by atoms with Crippen LogP contribution in [0.1, 0.15) is 40.8 Å². The third-order valence-electron chi connectivity index (χ3n) is 5.61. The smallest absolute Gasteiger partial charge is 0.325 e. The van der Waals surface area contributed by atoms with Crippen molar-refractivity contribution < 1.29 is 14.4 Å². The minimum Gasteiger partial charge on any atom is -0.325 e. The summed E-state index contributed by atoms with van der Waals surface area (Å²) in [5.41, 5.74) is 2.47. The van der Waals surface area contributed by atoms with Gasteiger partial charge in [0.05, 0.1) is 13.2 Å². The molecule has 8 heteroatoms. The lowest BCUT2D eigenvalue weighted by Gasteiger charge is -2.33. The highest BCUT2D eigenvalue weighted by atomic mass is 32.1. The van der Waals surface area contributed by atoms with Gasteiger partial charge in [0.2, 0.25) is 0 Å². The van der Waals surface area contributed by atoms with E-state index in [1.807, 2.05) is 28.5 Å². The van der Waals surface area contributed by atoms with Crippen molar-refractivity contribution >= 4 is 23.4 Å². The Kier molecular flexibility index (Phi) is 4.86. The summed E-state index contributed by atoms with van der Waals surface area (Å²) in [6.45, 7) is 12.1. The van der Waals surface area contributed by atoms with Crippen molar-refractivity contribution in [2.75, 3.05) is 32.8 Å². The minimum atomic E-state index is -0.0779. The maximum atomic E-state index is 12.8. The molecule has 3 aliphatic rings. The molecule has 0 aromatic carbocycles. The highest BCUT2D eigenvalue weighted by molar-refractivity contribution is 7.12. The van der Waals surface area contributed by atoms with Gasteiger partial charge >= 0.3 is 12.1 Å². The molecule has 4 heterocycles. The van der Waals surface area contributed by atoms with Crippen LogP contribution in [0.5, 0.6) is 0 Å². The van der Waals surface area contributed by atoms with Crippen LogP contribution in [0, 0.1) is 0 Å². The zero-order chi connectivity index (χ0) is 19.1. The average molecular weight is 391 g/mol. The summed E-state index contributed by atoms with van der Waals surface area (Å²) in [6.07, 6.45) is 2.54. The van der Waals surface area contributed by atoms with Crippen LogP contribution < -0.4 is 0 Å². The lowest BCUT2D eigenvalue weighted by atomic mass is 9.98. The SMILES string of the molecule is C=CCON1C(=O)N2Cc3c(sc4c3CN(C(=O)N(CC)CC)CC4)C1C2. The second-order valence-corrected chi connectivity index (χ2v) is 8.20. The first-order valence-electron chi connectivity index (χ1n) is 9.58. The Balaban J connectivity index is 1.60. The molecule has 1 saturated heterocycles. The van der Waals surface area contributed by atoms with Crippen molar-refractivity contribution in [3.63, 3.8) is 0 Å². The molecule has 4 amide bonds. The average Bonchev–Trinajstić information content (AvgIpc) is 3.18. The standard InChI is InChI=1S/C19H26N4O3S/c1-4-9-26-23-15-12-22(19(23)25)11-14-13-10-21(18(24)20(5-2)6-3)8-7-16(13)27-17(14)15/h4,15H,1,5-12H2,2-3H3. The molecule has 1 unspecified atom stereocenters. The third kappa shape index (κ3) is 2.91. The van der Waals surface area contributed by atoms with Crippen LogP contribution in [0.2, 0.25) is 0 Å². The van der Waals surface area contributed by atoms with Crippen LogP contribution in [0.4, 0.5) is 9.59 Å². The lowest BCUT2D eigenvalue weighted by molar-refractivity contribution is -0.118. The van der Waals surface area contributed by atoms with E-state index in [1.54, 1.807) is 17.4 Å². The zero-order valence-corrected chi connectivity index (χ0v) is 16.8. The quantitative estimate of drug-likeness (QED) is 0.727. The monoisotopic (exact) mass is 390 g/mol. The van der Waals surface area contributed by atoms with Crippen molar-refractivity contribution in [3.05, 3.63) is 33.5 Å². The van der Waals surface area contributed by atoms with Crippen molar-refractivity contribution in [1.82, 2.24) is 19.8 Å². The highest BCUT2D eigenvalue weighted by Crippen LogP contribution is 2.46. The number of urea groups is 2. The van der Waals surface area contributed by atoms with Crippen molar-refractivity contribution in [1.29, 1.82) is 0 Å². The molecule has 4 rings (SSSR count). The Morgan fingerprint density at radius 2 is 2.11 bits per heavy atom. The number of rotatable bonds is 5. The van der Waals surface area contributed by atoms with Gasteiger partial charge in [-0.05, 0) is 31.4 Å². The number of hydrogen-bond acceptors (Lipinski definition) is 4. The first-order chi connectivity index (χ1) is 13.1. The largest absolute Gasteiger partial charge is 0.345 e. The van der Waals surface area contributed by atoms with E-state index in [0.29, 0.717) is 26.2 Å². The molecule has 146 valence electrons. The molecule has 7 nitrogen and oxygen atoms in total. The fourth-order valence-electron chi connectivity index (χ4n) is 4.19. The topological polar surface area (TPSA) is 56.3 Å². The summed E-state index contributed by atoms with van der Waals surface area (Å²) in [5.74, 6) is 0. The molecular weight excluding hydrogens is 364 g/mol. The molecule has 1 aromatic rings. The summed E-state index contributed by atoms with van der Waals surface area (Å²) >= 11 is 1.79. The van der Waals surface area contributed by atoms with Gasteiger partial charge in [0.15, 0.2) is 0 Å². The Labute approximate surface area is 163 Å². The predicted octanol–water partition coefficient (Wildman–Crippen LogP) is 2.98. The van der Waals surface area contributed by atoms with Crippen LogP contribution in [0.25, 0.3) is 0 Å². The molecule has 3 aliphatic heterocycles. The molecular formula is C19H26N4O3S. The Hall–Kier alpha value is -2.06. The predicted molar refractivity (Wildman–Crippen MR) is 103 cm³/mol. The number of hydroxylamine groups is 2. The maximum Gasteiger partial charge on any atom is 0.345 e. The van der Waals surface area contributed by atoms with E-state index in [9.17, 15) is 9.59 Å². The second kappa shape index (κ2) is 7.16. The number of nitrogens with zero attached hydrogens (tertiary/aromatic N) is 4. The Morgan fingerprint density at radius 1 is 1.33 bits per heavy atom. The summed E-state index contributed by atoms with van der Waals surface area (Å²) in [7, 11) is 0. The second-order valence-electron chi connectivity index (χ2n) is 7.06. The van der Waals surface area contributed by atoms with Crippen LogP contribution in [-0.4, -0.2) is 64.6 Å². The van der Waals surface area contributed by atoms with Crippen LogP contribution >= 0.6 is 11.3 Å². The number of hydrogen-bond donors (Lipinski definition) is 0. The van der Waals surface area contributed by atoms with E-state index >= 15 is 0 Å². The van der Waals surface area contributed by atoms with Crippen LogP contribution in [-0.2, 0) is 24.3 Å². The molecule has 27 heavy (non-hydrogen) atoms. The van der Waals surface area contributed by atoms with Gasteiger partial charge in [-0.25, -0.2) is 9.59 Å². The van der Waals surface area contributed by atoms with Gasteiger partial charge in [0.25, 0.3) is 0 Å². The Morgan fingerprint density at radius 3 is 2.81 bits per heavy atom. The van der Waals surface area contributed by atoms with Crippen molar-refractivity contribution in [2.24, 2.45) is 0 Å². The fourth-order valence-corrected chi connectivity index (χ4v) is 5.58. The van der Waals surface area contributed by atoms with Crippen LogP contribution in [0.3, 0.4) is 0 Å². The normalized spacial score (nSPS) is 20.6. The Bertz CT molecular complexity index is 773. The fraction of sp³-hybridized carbons (Fsp3) is 0.579. The molecule has 1 fully saturated rings. The van der Waals surface area contributed by atoms with Gasteiger partial charge in [0.1, 0.15) is 6.04 Å². The summed E-state index contributed by atoms with van der Waals surface area (Å²) in [4.78, 5) is 39.3. The van der Waals surface area contributed by atoms with Crippen molar-refractivity contribution in [3.8, 4) is 0 Å². The third-order valence-corrected chi connectivity index (χ3v) is 7.05. The highest BCUT2D eigenvalue weighted by Gasteiger charge is 2.46. The van der Waals surface area contributed by atoms with Crippen molar-refractivity contribution in [2.45, 2.75) is 39.4 Å². The van der Waals surface area contributed by atoms with E-state index in [1.165, 1.54) is 25.9 Å². The summed E-state index contributed by atoms with van der Waals surface area (Å²) in [5, 5.41) is 1.51. The molecule has 0 aliphatic carbocycles. The summed E-state index contributed by atoms with van der Waals surface area (Å²) in [6, 6.07) is -0.0219. The van der Waals surface area contributed by atoms with E-state index < -0.39 is 0 Å². The number of amides is 4. The minimum absolute atomic E-state index is 0.0521. The van der Waals surface area contributed by atoms with Gasteiger partial charge in [0, 0.05) is 42.5 Å². The van der Waals surface area contributed by atoms with Gasteiger partial charge in [-0.2, -0.15) is 5.06 Å². The molecule has 1 atom stereocenters. The van der Waals surface area contributed by atoms with Gasteiger partial charge in [-0.15, -0.1) is 17.9 Å². The molecule has 2 bridgehead atoms.